The molecule has 3 rings (SSSR count). The third-order valence-corrected chi connectivity index (χ3v) is 6.94. The Morgan fingerprint density at radius 3 is 2.45 bits per heavy atom. The van der Waals surface area contributed by atoms with E-state index in [1.807, 2.05) is 0 Å². The average molecular weight is 705 g/mol. The highest BCUT2D eigenvalue weighted by Crippen LogP contribution is 2.31. The number of carbonyl (C=O) groups is 2. The molecule has 1 unspecified atom stereocenters. The summed E-state index contributed by atoms with van der Waals surface area (Å²) in [5, 5.41) is 17.3. The maximum absolute atomic E-state index is 13.7. The van der Waals surface area contributed by atoms with Crippen LogP contribution in [0.3, 0.4) is 0 Å². The SMILES string of the molecule is NC(=O)OCC(NC(=O)Cn1nc(-c2ccc(Cl)cc2)n(C[C@H](O)C(F)(F)I)c1=O)c1cccc(Cl)c1Cl. The quantitative estimate of drug-likeness (QED) is 0.215. The number of ether oxygens (including phenoxy) is 1. The summed E-state index contributed by atoms with van der Waals surface area (Å²) in [7, 11) is 0. The lowest BCUT2D eigenvalue weighted by molar-refractivity contribution is -0.123. The summed E-state index contributed by atoms with van der Waals surface area (Å²) in [5.41, 5.74) is 4.74. The van der Waals surface area contributed by atoms with Crippen molar-refractivity contribution in [2.45, 2.75) is 29.2 Å². The van der Waals surface area contributed by atoms with E-state index in [0.717, 1.165) is 31.8 Å². The van der Waals surface area contributed by atoms with Crippen molar-refractivity contribution >= 4 is 69.4 Å². The van der Waals surface area contributed by atoms with E-state index < -0.39 is 53.5 Å². The number of amides is 2. The molecule has 0 bridgehead atoms. The first kappa shape index (κ1) is 30.1. The minimum Gasteiger partial charge on any atom is -0.447 e. The Balaban J connectivity index is 1.93. The highest BCUT2D eigenvalue weighted by atomic mass is 127. The molecule has 204 valence electrons. The van der Waals surface area contributed by atoms with Gasteiger partial charge in [0.1, 0.15) is 19.3 Å². The van der Waals surface area contributed by atoms with Gasteiger partial charge < -0.3 is 20.9 Å². The Morgan fingerprint density at radius 2 is 1.84 bits per heavy atom. The monoisotopic (exact) mass is 703 g/mol. The molecule has 38 heavy (non-hydrogen) atoms. The van der Waals surface area contributed by atoms with Crippen molar-refractivity contribution in [2.24, 2.45) is 5.73 Å². The predicted molar refractivity (Wildman–Crippen MR) is 145 cm³/mol. The number of aliphatic hydroxyl groups excluding tert-OH is 1. The fraction of sp³-hybridized carbons (Fsp3) is 0.273. The second-order valence-corrected chi connectivity index (χ2v) is 10.5. The van der Waals surface area contributed by atoms with Crippen LogP contribution in [0.15, 0.2) is 47.3 Å². The van der Waals surface area contributed by atoms with Crippen molar-refractivity contribution in [1.82, 2.24) is 19.7 Å². The summed E-state index contributed by atoms with van der Waals surface area (Å²) in [5.74, 6) is -0.848. The highest BCUT2D eigenvalue weighted by molar-refractivity contribution is 14.1. The van der Waals surface area contributed by atoms with E-state index in [9.17, 15) is 28.3 Å². The Bertz CT molecular complexity index is 1380. The molecule has 16 heteroatoms. The predicted octanol–water partition coefficient (Wildman–Crippen LogP) is 4.01. The van der Waals surface area contributed by atoms with Gasteiger partial charge in [-0.2, -0.15) is 8.78 Å². The molecule has 0 radical (unpaired) electrons. The van der Waals surface area contributed by atoms with Crippen LogP contribution in [0.25, 0.3) is 11.4 Å². The van der Waals surface area contributed by atoms with Gasteiger partial charge in [0, 0.05) is 33.2 Å². The van der Waals surface area contributed by atoms with E-state index in [2.05, 4.69) is 10.4 Å². The van der Waals surface area contributed by atoms with Crippen LogP contribution in [-0.4, -0.2) is 48.1 Å². The van der Waals surface area contributed by atoms with Gasteiger partial charge in [-0.3, -0.25) is 9.36 Å². The van der Waals surface area contributed by atoms with Crippen LogP contribution >= 0.6 is 57.4 Å². The summed E-state index contributed by atoms with van der Waals surface area (Å²) in [4.78, 5) is 37.1. The zero-order valence-corrected chi connectivity index (χ0v) is 23.5. The number of alkyl halides is 3. The number of hydrogen-bond donors (Lipinski definition) is 3. The van der Waals surface area contributed by atoms with Crippen LogP contribution in [-0.2, 0) is 22.6 Å². The molecule has 0 fully saturated rings. The standard InChI is InChI=1S/C22H19Cl3F2IN5O5/c23-12-6-4-11(5-7-12)19-31-33(21(37)32(19)8-16(34)22(26,27)28)9-17(35)30-15(10-38-20(29)36)13-2-1-3-14(24)18(13)25/h1-7,15-16,34H,8-10H2,(H2,29,36)(H,30,35)/t15?,16-/m0/s1. The number of nitrogens with two attached hydrogens (primary N) is 1. The van der Waals surface area contributed by atoms with Crippen molar-refractivity contribution in [3.8, 4) is 11.4 Å². The summed E-state index contributed by atoms with van der Waals surface area (Å²) in [6.07, 6.45) is -3.32. The molecule has 0 aliphatic heterocycles. The fourth-order valence-corrected chi connectivity index (χ4v) is 4.10. The number of nitrogens with zero attached hydrogens (tertiary/aromatic N) is 3. The van der Waals surface area contributed by atoms with Gasteiger partial charge in [-0.1, -0.05) is 46.9 Å². The average Bonchev–Trinajstić information content (AvgIpc) is 3.13. The first-order chi connectivity index (χ1) is 17.8. The number of aromatic nitrogens is 3. The van der Waals surface area contributed by atoms with Gasteiger partial charge >= 0.3 is 15.7 Å². The van der Waals surface area contributed by atoms with Crippen LogP contribution in [0.1, 0.15) is 11.6 Å². The number of halogens is 6. The number of primary amides is 1. The summed E-state index contributed by atoms with van der Waals surface area (Å²) < 4.78 is 30.2. The lowest BCUT2D eigenvalue weighted by Gasteiger charge is -2.20. The van der Waals surface area contributed by atoms with E-state index in [1.54, 1.807) is 6.07 Å². The van der Waals surface area contributed by atoms with Crippen molar-refractivity contribution < 1.29 is 28.2 Å². The molecule has 2 amide bonds. The van der Waals surface area contributed by atoms with Crippen LogP contribution in [0.5, 0.6) is 0 Å². The van der Waals surface area contributed by atoms with Crippen LogP contribution in [0, 0.1) is 0 Å². The van der Waals surface area contributed by atoms with E-state index in [-0.39, 0.29) is 15.9 Å². The molecule has 0 saturated heterocycles. The number of rotatable bonds is 10. The molecule has 0 aliphatic carbocycles. The van der Waals surface area contributed by atoms with Gasteiger partial charge in [0.2, 0.25) is 5.91 Å². The largest absolute Gasteiger partial charge is 0.447 e. The number of carbonyl (C=O) groups excluding carboxylic acids is 2. The van der Waals surface area contributed by atoms with Gasteiger partial charge in [-0.25, -0.2) is 14.3 Å². The van der Waals surface area contributed by atoms with Crippen molar-refractivity contribution in [3.63, 3.8) is 0 Å². The van der Waals surface area contributed by atoms with Crippen LogP contribution in [0.2, 0.25) is 15.1 Å². The van der Waals surface area contributed by atoms with E-state index >= 15 is 0 Å². The van der Waals surface area contributed by atoms with Crippen molar-refractivity contribution in [3.05, 3.63) is 73.6 Å². The van der Waals surface area contributed by atoms with Crippen molar-refractivity contribution in [2.75, 3.05) is 6.61 Å². The Labute approximate surface area is 242 Å². The lowest BCUT2D eigenvalue weighted by Crippen LogP contribution is -2.39. The van der Waals surface area contributed by atoms with E-state index in [1.165, 1.54) is 36.4 Å². The minimum atomic E-state index is -3.54. The second-order valence-electron chi connectivity index (χ2n) is 7.83. The minimum absolute atomic E-state index is 0.0781. The van der Waals surface area contributed by atoms with Gasteiger partial charge in [0.05, 0.1) is 22.6 Å². The molecule has 0 aliphatic rings. The number of nitrogens with one attached hydrogen (secondary N) is 1. The Kier molecular flexibility index (Phi) is 9.97. The van der Waals surface area contributed by atoms with Crippen LogP contribution < -0.4 is 16.7 Å². The van der Waals surface area contributed by atoms with Crippen LogP contribution in [0.4, 0.5) is 13.6 Å². The van der Waals surface area contributed by atoms with Crippen molar-refractivity contribution in [1.29, 1.82) is 0 Å². The molecule has 1 heterocycles. The number of hydrogen-bond acceptors (Lipinski definition) is 6. The smallest absolute Gasteiger partial charge is 0.404 e. The Hall–Kier alpha value is -2.46. The molecule has 4 N–H and O–H groups in total. The molecule has 1 aromatic heterocycles. The first-order valence-corrected chi connectivity index (χ1v) is 12.8. The number of benzene rings is 2. The number of aliphatic hydroxyl groups is 1. The van der Waals surface area contributed by atoms with Gasteiger partial charge in [-0.15, -0.1) is 5.10 Å². The molecular weight excluding hydrogens is 686 g/mol. The molecule has 0 spiro atoms. The molecule has 2 atom stereocenters. The zero-order valence-electron chi connectivity index (χ0n) is 19.1. The second kappa shape index (κ2) is 12.6. The third-order valence-electron chi connectivity index (χ3n) is 5.14. The van der Waals surface area contributed by atoms with Gasteiger partial charge in [0.15, 0.2) is 5.82 Å². The first-order valence-electron chi connectivity index (χ1n) is 10.6. The van der Waals surface area contributed by atoms with E-state index in [0.29, 0.717) is 16.1 Å². The lowest BCUT2D eigenvalue weighted by atomic mass is 10.1. The van der Waals surface area contributed by atoms with Gasteiger partial charge in [-0.05, 0) is 35.9 Å². The summed E-state index contributed by atoms with van der Waals surface area (Å²) in [6, 6.07) is 9.60. The normalized spacial score (nSPS) is 13.1. The molecule has 10 nitrogen and oxygen atoms in total. The van der Waals surface area contributed by atoms with Gasteiger partial charge in [0.25, 0.3) is 0 Å². The summed E-state index contributed by atoms with van der Waals surface area (Å²) >= 11 is 19.0. The molecule has 0 saturated carbocycles. The molecule has 2 aromatic carbocycles. The summed E-state index contributed by atoms with van der Waals surface area (Å²) in [6.45, 7) is -1.87. The zero-order chi connectivity index (χ0) is 28.2. The topological polar surface area (TPSA) is 141 Å². The fourth-order valence-electron chi connectivity index (χ4n) is 3.34. The van der Waals surface area contributed by atoms with E-state index in [4.69, 9.17) is 45.3 Å². The maximum Gasteiger partial charge on any atom is 0.404 e. The maximum atomic E-state index is 13.7. The third kappa shape index (κ3) is 7.56. The Morgan fingerprint density at radius 1 is 1.18 bits per heavy atom. The molecule has 3 aromatic rings. The molecular formula is C22H19Cl3F2IN5O5. The highest BCUT2D eigenvalue weighted by Gasteiger charge is 2.36.